The van der Waals surface area contributed by atoms with E-state index < -0.39 is 7.82 Å². The molecule has 53 heavy (non-hydrogen) atoms. The second-order valence-corrected chi connectivity index (χ2v) is 17.7. The van der Waals surface area contributed by atoms with Crippen LogP contribution in [0.2, 0.25) is 0 Å². The number of phosphoric ester groups is 1. The van der Waals surface area contributed by atoms with E-state index in [-0.39, 0.29) is 12.6 Å². The zero-order valence-corrected chi connectivity index (χ0v) is 37.2. The van der Waals surface area contributed by atoms with Crippen molar-refractivity contribution in [2.75, 3.05) is 13.2 Å². The summed E-state index contributed by atoms with van der Waals surface area (Å²) in [6, 6.07) is 0. The molecule has 0 saturated heterocycles. The van der Waals surface area contributed by atoms with E-state index in [4.69, 9.17) is 14.5 Å². The highest BCUT2D eigenvalue weighted by Gasteiger charge is 2.12. The smallest absolute Gasteiger partial charge is 0.466 e. The average molecular weight is 775 g/mol. The molecule has 0 heterocycles. The van der Waals surface area contributed by atoms with Crippen LogP contribution in [0.25, 0.3) is 0 Å². The molecule has 0 fully saturated rings. The van der Waals surface area contributed by atoms with Crippen LogP contribution >= 0.6 is 7.82 Å². The molecular formula is C46H95O6P. The molecule has 0 amide bonds. The lowest BCUT2D eigenvalue weighted by molar-refractivity contribution is -0.143. The van der Waals surface area contributed by atoms with Gasteiger partial charge < -0.3 is 14.5 Å². The monoisotopic (exact) mass is 775 g/mol. The first kappa shape index (κ1) is 54.7. The second kappa shape index (κ2) is 46.0. The van der Waals surface area contributed by atoms with Gasteiger partial charge in [-0.2, -0.15) is 0 Å². The number of hydrogen-bond acceptors (Lipinski definition) is 4. The number of ether oxygens (including phenoxy) is 1. The predicted molar refractivity (Wildman–Crippen MR) is 231 cm³/mol. The average Bonchev–Trinajstić information content (AvgIpc) is 3.12. The molecule has 0 aromatic carbocycles. The van der Waals surface area contributed by atoms with Crippen LogP contribution in [0.1, 0.15) is 272 Å². The summed E-state index contributed by atoms with van der Waals surface area (Å²) >= 11 is 0. The molecule has 0 aliphatic heterocycles. The van der Waals surface area contributed by atoms with Gasteiger partial charge in [-0.3, -0.25) is 9.32 Å². The maximum atomic E-state index is 11.8. The number of rotatable bonds is 42. The van der Waals surface area contributed by atoms with Gasteiger partial charge in [0, 0.05) is 6.42 Å². The lowest BCUT2D eigenvalue weighted by Gasteiger charge is -2.06. The van der Waals surface area contributed by atoms with Crippen LogP contribution in [-0.4, -0.2) is 29.0 Å². The zero-order valence-electron chi connectivity index (χ0n) is 36.3. The normalized spacial score (nSPS) is 11.6. The Kier molecular flexibility index (Phi) is 47.4. The molecule has 0 aliphatic rings. The maximum absolute atomic E-state index is 11.8. The fourth-order valence-corrected chi connectivity index (χ4v) is 7.28. The van der Waals surface area contributed by atoms with Crippen LogP contribution in [0.5, 0.6) is 0 Å². The minimum absolute atomic E-state index is 0.0181. The minimum atomic E-state index is -4.26. The first-order valence-corrected chi connectivity index (χ1v) is 25.1. The van der Waals surface area contributed by atoms with Gasteiger partial charge in [0.15, 0.2) is 0 Å². The number of carbonyl (C=O) groups is 1. The fraction of sp³-hybridized carbons (Fsp3) is 0.978. The summed E-state index contributed by atoms with van der Waals surface area (Å²) in [7, 11) is -4.26. The highest BCUT2D eigenvalue weighted by molar-refractivity contribution is 7.46. The molecule has 0 atom stereocenters. The molecule has 0 spiro atoms. The van der Waals surface area contributed by atoms with Crippen molar-refractivity contribution in [3.63, 3.8) is 0 Å². The molecule has 0 radical (unpaired) electrons. The summed E-state index contributed by atoms with van der Waals surface area (Å²) in [5, 5.41) is 0. The molecule has 6 nitrogen and oxygen atoms in total. The predicted octanol–water partition coefficient (Wildman–Crippen LogP) is 16.1. The Bertz CT molecular complexity index is 740. The third-order valence-electron chi connectivity index (χ3n) is 10.4. The van der Waals surface area contributed by atoms with E-state index in [9.17, 15) is 9.36 Å². The molecule has 320 valence electrons. The minimum Gasteiger partial charge on any atom is -0.466 e. The van der Waals surface area contributed by atoms with Crippen molar-refractivity contribution < 1.29 is 28.4 Å². The summed E-state index contributed by atoms with van der Waals surface area (Å²) in [6.07, 6.45) is 49.2. The Morgan fingerprint density at radius 1 is 0.434 bits per heavy atom. The van der Waals surface area contributed by atoms with Gasteiger partial charge in [0.05, 0.1) is 13.2 Å². The van der Waals surface area contributed by atoms with E-state index in [1.54, 1.807) is 0 Å². The molecular weight excluding hydrogens is 679 g/mol. The number of esters is 1. The lowest BCUT2D eigenvalue weighted by atomic mass is 10.0. The van der Waals surface area contributed by atoms with Crippen molar-refractivity contribution in [1.82, 2.24) is 0 Å². The Morgan fingerprint density at radius 2 is 0.717 bits per heavy atom. The summed E-state index contributed by atoms with van der Waals surface area (Å²) in [5.41, 5.74) is 0. The molecule has 0 saturated carbocycles. The van der Waals surface area contributed by atoms with E-state index in [1.807, 2.05) is 0 Å². The Morgan fingerprint density at radius 3 is 1.04 bits per heavy atom. The first-order chi connectivity index (χ1) is 25.7. The summed E-state index contributed by atoms with van der Waals surface area (Å²) in [4.78, 5) is 28.8. The molecule has 0 rings (SSSR count). The van der Waals surface area contributed by atoms with E-state index in [0.717, 1.165) is 38.0 Å². The van der Waals surface area contributed by atoms with Gasteiger partial charge in [0.25, 0.3) is 0 Å². The maximum Gasteiger partial charge on any atom is 0.469 e. The number of hydrogen-bond donors (Lipinski definition) is 2. The fourth-order valence-electron chi connectivity index (χ4n) is 6.92. The summed E-state index contributed by atoms with van der Waals surface area (Å²) < 4.78 is 20.2. The highest BCUT2D eigenvalue weighted by Crippen LogP contribution is 2.35. The Hall–Kier alpha value is -0.420. The van der Waals surface area contributed by atoms with Crippen molar-refractivity contribution in [3.8, 4) is 0 Å². The van der Waals surface area contributed by atoms with Crippen LogP contribution in [0.4, 0.5) is 0 Å². The van der Waals surface area contributed by atoms with Crippen LogP contribution in [-0.2, 0) is 18.6 Å². The number of phosphoric acid groups is 1. The molecule has 0 aliphatic carbocycles. The molecule has 0 aromatic rings. The Balaban J connectivity index is 0. The van der Waals surface area contributed by atoms with E-state index in [1.165, 1.54) is 205 Å². The van der Waals surface area contributed by atoms with Gasteiger partial charge in [-0.1, -0.05) is 246 Å². The summed E-state index contributed by atoms with van der Waals surface area (Å²) in [5.74, 6) is 0.843. The SMILES string of the molecule is CCCCCCCCCCCCCCCCCC(=O)OCCCCCCCC(C)C.CCCCCCCCCCCCCCCCCCOP(=O)(O)O. The number of carbonyl (C=O) groups excluding carboxylic acids is 1. The van der Waals surface area contributed by atoms with Crippen LogP contribution in [0, 0.1) is 5.92 Å². The topological polar surface area (TPSA) is 93.1 Å². The van der Waals surface area contributed by atoms with Gasteiger partial charge in [-0.25, -0.2) is 4.57 Å². The molecule has 0 aromatic heterocycles. The lowest BCUT2D eigenvalue weighted by Crippen LogP contribution is -2.05. The molecule has 0 unspecified atom stereocenters. The largest absolute Gasteiger partial charge is 0.469 e. The third kappa shape index (κ3) is 56.0. The van der Waals surface area contributed by atoms with E-state index in [0.29, 0.717) is 13.0 Å². The first-order valence-electron chi connectivity index (χ1n) is 23.6. The van der Waals surface area contributed by atoms with E-state index >= 15 is 0 Å². The van der Waals surface area contributed by atoms with E-state index in [2.05, 4.69) is 32.2 Å². The van der Waals surface area contributed by atoms with Crippen LogP contribution in [0.3, 0.4) is 0 Å². The van der Waals surface area contributed by atoms with Gasteiger partial charge in [0.1, 0.15) is 0 Å². The van der Waals surface area contributed by atoms with Gasteiger partial charge in [0.2, 0.25) is 0 Å². The third-order valence-corrected chi connectivity index (χ3v) is 10.9. The standard InChI is InChI=1S/C28H56O2.C18H39O4P/c1-4-5-6-7-8-9-10-11-12-13-14-15-16-19-22-25-28(29)30-26-23-20-17-18-21-24-27(2)3;1-2-3-4-5-6-7-8-9-10-11-12-13-14-15-16-17-18-22-23(19,20)21/h27H,4-26H2,1-3H3;2-18H2,1H3,(H2,19,20,21). The molecule has 2 N–H and O–H groups in total. The molecule has 7 heteroatoms. The zero-order chi connectivity index (χ0) is 39.4. The van der Waals surface area contributed by atoms with Gasteiger partial charge >= 0.3 is 13.8 Å². The van der Waals surface area contributed by atoms with Gasteiger partial charge in [-0.05, 0) is 25.2 Å². The van der Waals surface area contributed by atoms with Crippen molar-refractivity contribution in [1.29, 1.82) is 0 Å². The van der Waals surface area contributed by atoms with Crippen molar-refractivity contribution in [3.05, 3.63) is 0 Å². The van der Waals surface area contributed by atoms with Crippen LogP contribution < -0.4 is 0 Å². The van der Waals surface area contributed by atoms with Crippen molar-refractivity contribution in [2.24, 2.45) is 5.92 Å². The van der Waals surface area contributed by atoms with Gasteiger partial charge in [-0.15, -0.1) is 0 Å². The van der Waals surface area contributed by atoms with Crippen molar-refractivity contribution >= 4 is 13.8 Å². The molecule has 0 bridgehead atoms. The van der Waals surface area contributed by atoms with Crippen molar-refractivity contribution in [2.45, 2.75) is 272 Å². The quantitative estimate of drug-likeness (QED) is 0.0364. The Labute approximate surface area is 332 Å². The second-order valence-electron chi connectivity index (χ2n) is 16.5. The number of unbranched alkanes of at least 4 members (excludes halogenated alkanes) is 33. The van der Waals surface area contributed by atoms with Crippen LogP contribution in [0.15, 0.2) is 0 Å². The highest BCUT2D eigenvalue weighted by atomic mass is 31.2. The summed E-state index contributed by atoms with van der Waals surface area (Å²) in [6.45, 7) is 9.93.